The van der Waals surface area contributed by atoms with Crippen LogP contribution in [0.25, 0.3) is 11.5 Å². The van der Waals surface area contributed by atoms with Crippen molar-refractivity contribution in [2.45, 2.75) is 13.0 Å². The van der Waals surface area contributed by atoms with Gasteiger partial charge in [0.25, 0.3) is 11.8 Å². The standard InChI is InChI=1S/C16H13ClN4O3/c1-9(19-15(23)11-6-7-18-13(22)8-11)14-20-16(24-21-14)10-2-4-12(17)5-3-10/h2-9H,1H3,(H,18,22)(H,19,23). The van der Waals surface area contributed by atoms with Crippen molar-refractivity contribution in [1.29, 1.82) is 0 Å². The summed E-state index contributed by atoms with van der Waals surface area (Å²) >= 11 is 5.84. The number of aromatic nitrogens is 3. The SMILES string of the molecule is CC(NC(=O)c1cc[nH]c(=O)c1)c1noc(-c2ccc(Cl)cc2)n1. The van der Waals surface area contributed by atoms with Crippen molar-refractivity contribution in [3.63, 3.8) is 0 Å². The lowest BCUT2D eigenvalue weighted by Gasteiger charge is -2.09. The number of carbonyl (C=O) groups is 1. The summed E-state index contributed by atoms with van der Waals surface area (Å²) in [4.78, 5) is 30.1. The third kappa shape index (κ3) is 3.52. The predicted octanol–water partition coefficient (Wildman–Crippen LogP) is 2.57. The number of rotatable bonds is 4. The Morgan fingerprint density at radius 1 is 1.29 bits per heavy atom. The van der Waals surface area contributed by atoms with E-state index in [0.29, 0.717) is 16.7 Å². The van der Waals surface area contributed by atoms with Crippen LogP contribution in [0, 0.1) is 0 Å². The van der Waals surface area contributed by atoms with Crippen molar-refractivity contribution in [3.8, 4) is 11.5 Å². The van der Waals surface area contributed by atoms with Gasteiger partial charge in [-0.3, -0.25) is 9.59 Å². The van der Waals surface area contributed by atoms with Gasteiger partial charge in [0, 0.05) is 28.4 Å². The first-order chi connectivity index (χ1) is 11.5. The molecule has 3 aromatic rings. The second-order valence-corrected chi connectivity index (χ2v) is 5.54. The molecule has 8 heteroatoms. The first kappa shape index (κ1) is 15.9. The van der Waals surface area contributed by atoms with E-state index in [4.69, 9.17) is 16.1 Å². The minimum atomic E-state index is -0.485. The Kier molecular flexibility index (Phi) is 4.43. The molecule has 122 valence electrons. The summed E-state index contributed by atoms with van der Waals surface area (Å²) < 4.78 is 5.21. The monoisotopic (exact) mass is 344 g/mol. The highest BCUT2D eigenvalue weighted by atomic mass is 35.5. The number of hydrogen-bond donors (Lipinski definition) is 2. The van der Waals surface area contributed by atoms with Gasteiger partial charge < -0.3 is 14.8 Å². The Labute approximate surface area is 141 Å². The van der Waals surface area contributed by atoms with Crippen LogP contribution in [-0.4, -0.2) is 21.0 Å². The molecule has 0 saturated heterocycles. The molecule has 7 nitrogen and oxygen atoms in total. The molecule has 0 radical (unpaired) electrons. The zero-order chi connectivity index (χ0) is 17.1. The summed E-state index contributed by atoms with van der Waals surface area (Å²) in [6.45, 7) is 1.72. The van der Waals surface area contributed by atoms with Gasteiger partial charge in [-0.05, 0) is 37.3 Å². The predicted molar refractivity (Wildman–Crippen MR) is 87.7 cm³/mol. The number of carbonyl (C=O) groups excluding carboxylic acids is 1. The van der Waals surface area contributed by atoms with Crippen molar-refractivity contribution in [3.05, 3.63) is 69.4 Å². The highest BCUT2D eigenvalue weighted by Crippen LogP contribution is 2.21. The van der Waals surface area contributed by atoms with Gasteiger partial charge in [-0.15, -0.1) is 0 Å². The number of hydrogen-bond acceptors (Lipinski definition) is 5. The molecule has 1 atom stereocenters. The Morgan fingerprint density at radius 2 is 2.04 bits per heavy atom. The quantitative estimate of drug-likeness (QED) is 0.757. The maximum absolute atomic E-state index is 12.1. The van der Waals surface area contributed by atoms with Crippen LogP contribution in [0.4, 0.5) is 0 Å². The molecule has 0 aliphatic rings. The minimum absolute atomic E-state index is 0.256. The minimum Gasteiger partial charge on any atom is -0.342 e. The van der Waals surface area contributed by atoms with Gasteiger partial charge >= 0.3 is 0 Å². The van der Waals surface area contributed by atoms with Crippen LogP contribution in [-0.2, 0) is 0 Å². The van der Waals surface area contributed by atoms with E-state index >= 15 is 0 Å². The molecule has 2 heterocycles. The van der Waals surface area contributed by atoms with Gasteiger partial charge in [-0.2, -0.15) is 4.98 Å². The Balaban J connectivity index is 1.74. The number of H-pyrrole nitrogens is 1. The summed E-state index contributed by atoms with van der Waals surface area (Å²) in [6.07, 6.45) is 1.41. The highest BCUT2D eigenvalue weighted by Gasteiger charge is 2.18. The maximum Gasteiger partial charge on any atom is 0.257 e. The van der Waals surface area contributed by atoms with Crippen molar-refractivity contribution >= 4 is 17.5 Å². The molecular weight excluding hydrogens is 332 g/mol. The van der Waals surface area contributed by atoms with E-state index in [9.17, 15) is 9.59 Å². The fourth-order valence-corrected chi connectivity index (χ4v) is 2.18. The molecule has 0 aliphatic carbocycles. The van der Waals surface area contributed by atoms with E-state index in [-0.39, 0.29) is 11.1 Å². The molecule has 1 aromatic carbocycles. The number of nitrogens with zero attached hydrogens (tertiary/aromatic N) is 2. The summed E-state index contributed by atoms with van der Waals surface area (Å²) in [5.41, 5.74) is 0.637. The van der Waals surface area contributed by atoms with Crippen molar-refractivity contribution in [2.24, 2.45) is 0 Å². The summed E-state index contributed by atoms with van der Waals surface area (Å²) in [6, 6.07) is 9.22. The van der Waals surface area contributed by atoms with Crippen LogP contribution in [0.5, 0.6) is 0 Å². The fourth-order valence-electron chi connectivity index (χ4n) is 2.05. The number of benzene rings is 1. The lowest BCUT2D eigenvalue weighted by Crippen LogP contribution is -2.28. The second kappa shape index (κ2) is 6.67. The van der Waals surface area contributed by atoms with Gasteiger partial charge in [-0.25, -0.2) is 0 Å². The van der Waals surface area contributed by atoms with E-state index in [1.807, 2.05) is 0 Å². The van der Waals surface area contributed by atoms with Gasteiger partial charge in [0.05, 0.1) is 6.04 Å². The van der Waals surface area contributed by atoms with E-state index in [0.717, 1.165) is 5.56 Å². The average molecular weight is 345 g/mol. The summed E-state index contributed by atoms with van der Waals surface area (Å²) in [5.74, 6) is 0.267. The van der Waals surface area contributed by atoms with Crippen molar-refractivity contribution in [1.82, 2.24) is 20.4 Å². The largest absolute Gasteiger partial charge is 0.342 e. The van der Waals surface area contributed by atoms with Gasteiger partial charge in [0.15, 0.2) is 5.82 Å². The van der Waals surface area contributed by atoms with Crippen LogP contribution in [0.1, 0.15) is 29.1 Å². The molecule has 1 unspecified atom stereocenters. The van der Waals surface area contributed by atoms with Crippen molar-refractivity contribution in [2.75, 3.05) is 0 Å². The Bertz CT molecular complexity index is 917. The zero-order valence-corrected chi connectivity index (χ0v) is 13.4. The van der Waals surface area contributed by atoms with Gasteiger partial charge in [-0.1, -0.05) is 16.8 Å². The third-order valence-electron chi connectivity index (χ3n) is 3.31. The summed E-state index contributed by atoms with van der Waals surface area (Å²) in [5, 5.41) is 7.20. The number of halogens is 1. The Hall–Kier alpha value is -2.93. The van der Waals surface area contributed by atoms with Crippen LogP contribution in [0.3, 0.4) is 0 Å². The van der Waals surface area contributed by atoms with E-state index in [1.54, 1.807) is 31.2 Å². The molecule has 0 saturated carbocycles. The normalized spacial score (nSPS) is 11.9. The second-order valence-electron chi connectivity index (χ2n) is 5.10. The Morgan fingerprint density at radius 3 is 2.75 bits per heavy atom. The molecule has 0 bridgehead atoms. The molecule has 24 heavy (non-hydrogen) atoms. The first-order valence-electron chi connectivity index (χ1n) is 7.12. The fraction of sp³-hybridized carbons (Fsp3) is 0.125. The molecule has 0 fully saturated rings. The number of nitrogens with one attached hydrogen (secondary N) is 2. The van der Waals surface area contributed by atoms with Crippen LogP contribution in [0.2, 0.25) is 5.02 Å². The third-order valence-corrected chi connectivity index (χ3v) is 3.56. The zero-order valence-electron chi connectivity index (χ0n) is 12.6. The lowest BCUT2D eigenvalue weighted by atomic mass is 10.2. The van der Waals surface area contributed by atoms with Crippen LogP contribution in [0.15, 0.2) is 51.9 Å². The average Bonchev–Trinajstić information content (AvgIpc) is 3.05. The van der Waals surface area contributed by atoms with E-state index in [2.05, 4.69) is 20.4 Å². The van der Waals surface area contributed by atoms with Gasteiger partial charge in [0.2, 0.25) is 5.56 Å². The molecular formula is C16H13ClN4O3. The first-order valence-corrected chi connectivity index (χ1v) is 7.50. The highest BCUT2D eigenvalue weighted by molar-refractivity contribution is 6.30. The molecule has 2 aromatic heterocycles. The molecule has 2 N–H and O–H groups in total. The van der Waals surface area contributed by atoms with Gasteiger partial charge in [0.1, 0.15) is 0 Å². The van der Waals surface area contributed by atoms with Crippen LogP contribution < -0.4 is 10.9 Å². The summed E-state index contributed by atoms with van der Waals surface area (Å²) in [7, 11) is 0. The maximum atomic E-state index is 12.1. The topological polar surface area (TPSA) is 101 Å². The smallest absolute Gasteiger partial charge is 0.257 e. The van der Waals surface area contributed by atoms with Crippen LogP contribution >= 0.6 is 11.6 Å². The molecule has 0 spiro atoms. The van der Waals surface area contributed by atoms with E-state index < -0.39 is 11.9 Å². The van der Waals surface area contributed by atoms with Crippen molar-refractivity contribution < 1.29 is 9.32 Å². The number of aromatic amines is 1. The van der Waals surface area contributed by atoms with E-state index in [1.165, 1.54) is 18.3 Å². The molecule has 0 aliphatic heterocycles. The number of amides is 1. The lowest BCUT2D eigenvalue weighted by molar-refractivity contribution is 0.0937. The molecule has 1 amide bonds. The molecule has 3 rings (SSSR count). The number of pyridine rings is 1.